The Morgan fingerprint density at radius 2 is 1.45 bits per heavy atom. The molecule has 0 aliphatic carbocycles. The summed E-state index contributed by atoms with van der Waals surface area (Å²) in [7, 11) is 0. The number of Topliss-reactive ketones (excluding diaryl/α,β-unsaturated/α-hetero) is 1. The second-order valence-electron chi connectivity index (χ2n) is 8.89. The van der Waals surface area contributed by atoms with Gasteiger partial charge in [0.2, 0.25) is 11.8 Å². The van der Waals surface area contributed by atoms with Gasteiger partial charge in [-0.2, -0.15) is 0 Å². The highest BCUT2D eigenvalue weighted by Gasteiger charge is 2.64. The van der Waals surface area contributed by atoms with Crippen LogP contribution in [0.15, 0.2) is 84.9 Å². The van der Waals surface area contributed by atoms with Crippen LogP contribution >= 0.6 is 0 Å². The molecule has 3 aromatic rings. The van der Waals surface area contributed by atoms with Gasteiger partial charge in [-0.15, -0.1) is 0 Å². The van der Waals surface area contributed by atoms with Crippen LogP contribution in [0.1, 0.15) is 21.5 Å². The van der Waals surface area contributed by atoms with Gasteiger partial charge in [0, 0.05) is 11.3 Å². The highest BCUT2D eigenvalue weighted by atomic mass is 16.2. The van der Waals surface area contributed by atoms with Gasteiger partial charge in [0.25, 0.3) is 0 Å². The summed E-state index contributed by atoms with van der Waals surface area (Å²) < 4.78 is 0. The molecule has 162 valence electrons. The highest BCUT2D eigenvalue weighted by molar-refractivity contribution is 6.25. The molecule has 3 aromatic carbocycles. The van der Waals surface area contributed by atoms with Crippen molar-refractivity contribution in [2.24, 2.45) is 11.8 Å². The number of carbonyl (C=O) groups is 3. The average molecular weight is 434 g/mol. The molecule has 5 heteroatoms. The van der Waals surface area contributed by atoms with E-state index >= 15 is 0 Å². The lowest BCUT2D eigenvalue weighted by molar-refractivity contribution is -0.122. The van der Waals surface area contributed by atoms with E-state index in [1.54, 1.807) is 24.3 Å². The molecule has 3 aliphatic heterocycles. The molecule has 0 spiro atoms. The Morgan fingerprint density at radius 3 is 2.21 bits per heavy atom. The van der Waals surface area contributed by atoms with Crippen molar-refractivity contribution < 1.29 is 14.4 Å². The minimum atomic E-state index is -0.750. The number of hydrogen-bond donors (Lipinski definition) is 0. The molecule has 0 radical (unpaired) electrons. The molecule has 0 bridgehead atoms. The Morgan fingerprint density at radius 1 is 0.788 bits per heavy atom. The molecule has 3 aliphatic rings. The zero-order chi connectivity index (χ0) is 22.7. The molecule has 2 saturated heterocycles. The fraction of sp³-hybridized carbons (Fsp3) is 0.179. The van der Waals surface area contributed by atoms with Gasteiger partial charge in [-0.25, -0.2) is 4.90 Å². The third-order valence-electron chi connectivity index (χ3n) is 7.03. The summed E-state index contributed by atoms with van der Waals surface area (Å²) in [5.41, 5.74) is 4.02. The van der Waals surface area contributed by atoms with Crippen molar-refractivity contribution in [1.82, 2.24) is 0 Å². The monoisotopic (exact) mass is 434 g/mol. The van der Waals surface area contributed by atoms with Crippen LogP contribution in [0.5, 0.6) is 0 Å². The number of benzene rings is 3. The maximum absolute atomic E-state index is 13.8. The van der Waals surface area contributed by atoms with E-state index in [9.17, 15) is 14.4 Å². The minimum absolute atomic E-state index is 0.134. The van der Waals surface area contributed by atoms with Crippen molar-refractivity contribution in [1.29, 1.82) is 0 Å². The van der Waals surface area contributed by atoms with Crippen LogP contribution in [0.4, 0.5) is 11.4 Å². The first-order valence-corrected chi connectivity index (χ1v) is 11.2. The summed E-state index contributed by atoms with van der Waals surface area (Å²) in [4.78, 5) is 44.6. The first-order valence-electron chi connectivity index (χ1n) is 11.2. The van der Waals surface area contributed by atoms with E-state index in [-0.39, 0.29) is 23.6 Å². The smallest absolute Gasteiger partial charge is 0.240 e. The van der Waals surface area contributed by atoms with Crippen LogP contribution in [0.3, 0.4) is 0 Å². The molecule has 3 heterocycles. The largest absolute Gasteiger partial charge is 0.352 e. The van der Waals surface area contributed by atoms with Gasteiger partial charge in [0.15, 0.2) is 5.78 Å². The fourth-order valence-electron chi connectivity index (χ4n) is 5.54. The van der Waals surface area contributed by atoms with Crippen molar-refractivity contribution in [2.75, 3.05) is 9.80 Å². The number of anilines is 2. The number of hydrogen-bond acceptors (Lipinski definition) is 4. The molecule has 0 aromatic heterocycles. The lowest BCUT2D eigenvalue weighted by Gasteiger charge is -2.36. The van der Waals surface area contributed by atoms with Crippen molar-refractivity contribution in [3.8, 4) is 0 Å². The quantitative estimate of drug-likeness (QED) is 0.456. The van der Waals surface area contributed by atoms with Crippen LogP contribution in [-0.4, -0.2) is 29.7 Å². The van der Waals surface area contributed by atoms with E-state index in [2.05, 4.69) is 0 Å². The lowest BCUT2D eigenvalue weighted by atomic mass is 9.86. The third kappa shape index (κ3) is 2.82. The number of rotatable bonds is 3. The third-order valence-corrected chi connectivity index (χ3v) is 7.03. The van der Waals surface area contributed by atoms with Crippen LogP contribution in [0, 0.1) is 18.8 Å². The Labute approximate surface area is 191 Å². The molecule has 2 fully saturated rings. The highest BCUT2D eigenvalue weighted by Crippen LogP contribution is 2.49. The van der Waals surface area contributed by atoms with Crippen LogP contribution in [0.2, 0.25) is 0 Å². The maximum atomic E-state index is 13.8. The number of ketones is 1. The molecule has 4 atom stereocenters. The predicted molar refractivity (Wildman–Crippen MR) is 127 cm³/mol. The van der Waals surface area contributed by atoms with Crippen molar-refractivity contribution in [3.63, 3.8) is 0 Å². The number of para-hydroxylation sites is 1. The molecule has 5 nitrogen and oxygen atoms in total. The molecule has 0 unspecified atom stereocenters. The number of nitrogens with zero attached hydrogens (tertiary/aromatic N) is 2. The van der Waals surface area contributed by atoms with Gasteiger partial charge in [-0.1, -0.05) is 78.4 Å². The average Bonchev–Trinajstić information content (AvgIpc) is 3.33. The normalized spacial score (nSPS) is 25.1. The summed E-state index contributed by atoms with van der Waals surface area (Å²) >= 11 is 0. The van der Waals surface area contributed by atoms with Gasteiger partial charge in [-0.3, -0.25) is 14.4 Å². The van der Waals surface area contributed by atoms with E-state index in [0.717, 1.165) is 16.8 Å². The number of aryl methyl sites for hydroxylation is 1. The summed E-state index contributed by atoms with van der Waals surface area (Å²) in [6.07, 6.45) is 3.97. The summed E-state index contributed by atoms with van der Waals surface area (Å²) in [6.45, 7) is 1.96. The van der Waals surface area contributed by atoms with Gasteiger partial charge < -0.3 is 4.90 Å². The molecule has 0 N–H and O–H groups in total. The fourth-order valence-corrected chi connectivity index (χ4v) is 5.54. The van der Waals surface area contributed by atoms with E-state index in [1.165, 1.54) is 4.90 Å². The van der Waals surface area contributed by atoms with Crippen molar-refractivity contribution in [2.45, 2.75) is 19.0 Å². The SMILES string of the molecule is Cc1ccc(N2C(=O)[C@@H]3[C@@H](C2=O)[C@@H](C(=O)c2ccccc2)N2c4ccccc4C=C[C@H]32)cc1. The summed E-state index contributed by atoms with van der Waals surface area (Å²) in [5.74, 6) is -2.03. The molecule has 0 saturated carbocycles. The topological polar surface area (TPSA) is 57.7 Å². The number of imide groups is 1. The van der Waals surface area contributed by atoms with Gasteiger partial charge >= 0.3 is 0 Å². The van der Waals surface area contributed by atoms with E-state index in [0.29, 0.717) is 11.3 Å². The van der Waals surface area contributed by atoms with Crippen molar-refractivity contribution in [3.05, 3.63) is 102 Å². The van der Waals surface area contributed by atoms with E-state index < -0.39 is 17.9 Å². The summed E-state index contributed by atoms with van der Waals surface area (Å²) in [5, 5.41) is 0. The van der Waals surface area contributed by atoms with E-state index in [1.807, 2.05) is 78.6 Å². The first kappa shape index (κ1) is 19.7. The Hall–Kier alpha value is -3.99. The number of fused-ring (bicyclic) bond motifs is 5. The van der Waals surface area contributed by atoms with Gasteiger partial charge in [-0.05, 0) is 30.7 Å². The van der Waals surface area contributed by atoms with E-state index in [4.69, 9.17) is 0 Å². The molecular weight excluding hydrogens is 412 g/mol. The van der Waals surface area contributed by atoms with Gasteiger partial charge in [0.1, 0.15) is 6.04 Å². The summed E-state index contributed by atoms with van der Waals surface area (Å²) in [6, 6.07) is 23.1. The molecular formula is C28H22N2O3. The van der Waals surface area contributed by atoms with Crippen molar-refractivity contribution >= 4 is 35.0 Å². The van der Waals surface area contributed by atoms with Gasteiger partial charge in [0.05, 0.1) is 23.6 Å². The zero-order valence-electron chi connectivity index (χ0n) is 18.1. The molecule has 2 amide bonds. The minimum Gasteiger partial charge on any atom is -0.352 e. The van der Waals surface area contributed by atoms with Crippen LogP contribution in [0.25, 0.3) is 6.08 Å². The Kier molecular flexibility index (Phi) is 4.34. The van der Waals surface area contributed by atoms with Crippen LogP contribution in [-0.2, 0) is 9.59 Å². The zero-order valence-corrected chi connectivity index (χ0v) is 18.1. The maximum Gasteiger partial charge on any atom is 0.240 e. The lowest BCUT2D eigenvalue weighted by Crippen LogP contribution is -2.48. The molecule has 33 heavy (non-hydrogen) atoms. The first-order chi connectivity index (χ1) is 16.1. The second kappa shape index (κ2) is 7.27. The van der Waals surface area contributed by atoms with Crippen LogP contribution < -0.4 is 9.80 Å². The Balaban J connectivity index is 1.50. The standard InChI is InChI=1S/C28H22N2O3/c1-17-11-14-20(15-12-17)29-27(32)23-22-16-13-18-7-5-6-10-21(18)30(22)25(24(23)28(29)33)26(31)19-8-3-2-4-9-19/h2-16,22-25H,1H3/t22-,23+,24-,25+/m1/s1. The molecule has 6 rings (SSSR count). The second-order valence-corrected chi connectivity index (χ2v) is 8.89. The predicted octanol–water partition coefficient (Wildman–Crippen LogP) is 4.27. The number of carbonyl (C=O) groups excluding carboxylic acids is 3. The number of amides is 2. The Bertz CT molecular complexity index is 1310.